The van der Waals surface area contributed by atoms with Gasteiger partial charge in [0, 0.05) is 24.8 Å². The second kappa shape index (κ2) is 8.99. The van der Waals surface area contributed by atoms with Gasteiger partial charge in [0.05, 0.1) is 18.7 Å². The number of methoxy groups -OCH3 is 1. The van der Waals surface area contributed by atoms with Crippen molar-refractivity contribution >= 4 is 11.8 Å². The van der Waals surface area contributed by atoms with Crippen molar-refractivity contribution in [1.29, 1.82) is 0 Å². The smallest absolute Gasteiger partial charge is 0.306 e. The highest BCUT2D eigenvalue weighted by atomic mass is 19.1. The Morgan fingerprint density at radius 2 is 2.11 bits per heavy atom. The summed E-state index contributed by atoms with van der Waals surface area (Å²) in [6, 6.07) is 4.65. The van der Waals surface area contributed by atoms with E-state index in [2.05, 4.69) is 16.8 Å². The first-order valence-electron chi connectivity index (χ1n) is 9.71. The average molecular weight is 387 g/mol. The van der Waals surface area contributed by atoms with E-state index in [1.807, 2.05) is 0 Å². The Morgan fingerprint density at radius 1 is 1.36 bits per heavy atom. The summed E-state index contributed by atoms with van der Waals surface area (Å²) < 4.78 is 18.9. The van der Waals surface area contributed by atoms with Crippen molar-refractivity contribution < 1.29 is 19.0 Å². The number of carboxylic acid groups (broad SMARTS) is 1. The highest BCUT2D eigenvalue weighted by molar-refractivity contribution is 5.74. The molecule has 1 N–H and O–H groups in total. The van der Waals surface area contributed by atoms with Crippen molar-refractivity contribution in [2.45, 2.75) is 39.0 Å². The molecular weight excluding hydrogens is 361 g/mol. The van der Waals surface area contributed by atoms with Crippen molar-refractivity contribution in [2.24, 2.45) is 5.92 Å². The van der Waals surface area contributed by atoms with Crippen LogP contribution in [0.3, 0.4) is 0 Å². The van der Waals surface area contributed by atoms with Gasteiger partial charge in [-0.05, 0) is 43.9 Å². The van der Waals surface area contributed by atoms with Crippen LogP contribution < -0.4 is 9.64 Å². The summed E-state index contributed by atoms with van der Waals surface area (Å²) in [6.07, 6.45) is 5.85. The van der Waals surface area contributed by atoms with Crippen LogP contribution in [0.25, 0.3) is 11.3 Å². The molecule has 0 amide bonds. The summed E-state index contributed by atoms with van der Waals surface area (Å²) in [5.74, 6) is -0.605. The van der Waals surface area contributed by atoms with Gasteiger partial charge in [0.1, 0.15) is 5.69 Å². The summed E-state index contributed by atoms with van der Waals surface area (Å²) in [5, 5.41) is 9.26. The molecule has 2 aromatic rings. The summed E-state index contributed by atoms with van der Waals surface area (Å²) in [5.41, 5.74) is 2.30. The van der Waals surface area contributed by atoms with Gasteiger partial charge < -0.3 is 14.7 Å². The third-order valence-electron chi connectivity index (χ3n) is 5.16. The van der Waals surface area contributed by atoms with Gasteiger partial charge in [0.2, 0.25) is 0 Å². The first-order valence-corrected chi connectivity index (χ1v) is 9.71. The first kappa shape index (κ1) is 20.0. The molecule has 0 bridgehead atoms. The van der Waals surface area contributed by atoms with Gasteiger partial charge in [-0.15, -0.1) is 0 Å². The number of benzene rings is 1. The third kappa shape index (κ3) is 4.40. The number of piperidine rings is 1. The fourth-order valence-electron chi connectivity index (χ4n) is 3.46. The van der Waals surface area contributed by atoms with Gasteiger partial charge >= 0.3 is 5.97 Å². The lowest BCUT2D eigenvalue weighted by Crippen LogP contribution is -2.37. The molecule has 28 heavy (non-hydrogen) atoms. The lowest BCUT2D eigenvalue weighted by atomic mass is 9.97. The Morgan fingerprint density at radius 3 is 2.75 bits per heavy atom. The lowest BCUT2D eigenvalue weighted by molar-refractivity contribution is -0.142. The van der Waals surface area contributed by atoms with Crippen LogP contribution in [-0.2, 0) is 11.2 Å². The molecule has 1 fully saturated rings. The number of halogens is 1. The molecule has 0 atom stereocenters. The van der Waals surface area contributed by atoms with Crippen molar-refractivity contribution in [2.75, 3.05) is 25.1 Å². The molecule has 1 aromatic carbocycles. The predicted octanol–water partition coefficient (Wildman–Crippen LogP) is 3.93. The van der Waals surface area contributed by atoms with Gasteiger partial charge in [0.25, 0.3) is 0 Å². The predicted molar refractivity (Wildman–Crippen MR) is 105 cm³/mol. The van der Waals surface area contributed by atoms with Crippen LogP contribution in [0.1, 0.15) is 38.3 Å². The number of aryl methyl sites for hydroxylation is 1. The lowest BCUT2D eigenvalue weighted by Gasteiger charge is -2.32. The number of ether oxygens (including phenoxy) is 1. The number of rotatable bonds is 7. The van der Waals surface area contributed by atoms with Crippen LogP contribution >= 0.6 is 0 Å². The van der Waals surface area contributed by atoms with E-state index < -0.39 is 11.8 Å². The minimum atomic E-state index is -0.745. The molecule has 0 spiro atoms. The minimum absolute atomic E-state index is 0.157. The van der Waals surface area contributed by atoms with Gasteiger partial charge in [-0.25, -0.2) is 9.37 Å². The molecule has 0 radical (unpaired) electrons. The summed E-state index contributed by atoms with van der Waals surface area (Å²) >= 11 is 0. The first-order chi connectivity index (χ1) is 13.5. The Labute approximate surface area is 164 Å². The number of aliphatic carboxylic acids is 1. The van der Waals surface area contributed by atoms with Crippen LogP contribution in [0.2, 0.25) is 0 Å². The van der Waals surface area contributed by atoms with Gasteiger partial charge in [-0.3, -0.25) is 9.78 Å². The maximum absolute atomic E-state index is 13.8. The molecule has 1 aliphatic rings. The van der Waals surface area contributed by atoms with Crippen LogP contribution in [0.15, 0.2) is 24.4 Å². The van der Waals surface area contributed by atoms with Crippen LogP contribution in [0, 0.1) is 11.7 Å². The quantitative estimate of drug-likeness (QED) is 0.776. The molecule has 150 valence electrons. The summed E-state index contributed by atoms with van der Waals surface area (Å²) in [7, 11) is 1.43. The highest BCUT2D eigenvalue weighted by Crippen LogP contribution is 2.33. The van der Waals surface area contributed by atoms with Crippen LogP contribution in [0.5, 0.6) is 5.75 Å². The zero-order valence-corrected chi connectivity index (χ0v) is 16.3. The number of unbranched alkanes of at least 4 members (excludes halogenated alkanes) is 1. The van der Waals surface area contributed by atoms with Crippen molar-refractivity contribution in [3.63, 3.8) is 0 Å². The number of carboxylic acids is 1. The molecule has 7 heteroatoms. The highest BCUT2D eigenvalue weighted by Gasteiger charge is 2.27. The maximum atomic E-state index is 13.8. The Hall–Kier alpha value is -2.70. The third-order valence-corrected chi connectivity index (χ3v) is 5.16. The molecule has 3 rings (SSSR count). The van der Waals surface area contributed by atoms with Gasteiger partial charge in [0.15, 0.2) is 17.4 Å². The van der Waals surface area contributed by atoms with Crippen LogP contribution in [-0.4, -0.2) is 41.2 Å². The van der Waals surface area contributed by atoms with E-state index in [-0.39, 0.29) is 11.7 Å². The second-order valence-electron chi connectivity index (χ2n) is 7.09. The van der Waals surface area contributed by atoms with E-state index in [9.17, 15) is 14.3 Å². The van der Waals surface area contributed by atoms with E-state index in [1.54, 1.807) is 18.3 Å². The number of hydrogen-bond acceptors (Lipinski definition) is 5. The van der Waals surface area contributed by atoms with E-state index in [0.29, 0.717) is 31.6 Å². The molecule has 1 aromatic heterocycles. The summed E-state index contributed by atoms with van der Waals surface area (Å²) in [6.45, 7) is 3.34. The minimum Gasteiger partial charge on any atom is -0.494 e. The van der Waals surface area contributed by atoms with Gasteiger partial charge in [-0.1, -0.05) is 13.3 Å². The molecule has 1 saturated heterocycles. The topological polar surface area (TPSA) is 75.5 Å². The molecule has 0 unspecified atom stereocenters. The standard InChI is InChI=1S/C21H26FN3O3/c1-3-4-5-16-13-23-19(15-6-7-17(22)18(12-15)28-2)20(24-16)25-10-8-14(9-11-25)21(26)27/h6-7,12-14H,3-5,8-11H2,1-2H3,(H,26,27). The average Bonchev–Trinajstić information content (AvgIpc) is 2.72. The van der Waals surface area contributed by atoms with E-state index >= 15 is 0 Å². The molecule has 0 saturated carbocycles. The molecule has 0 aliphatic carbocycles. The number of nitrogens with zero attached hydrogens (tertiary/aromatic N) is 3. The SMILES string of the molecule is CCCCc1cnc(-c2ccc(F)c(OC)c2)c(N2CCC(C(=O)O)CC2)n1. The Kier molecular flexibility index (Phi) is 6.44. The number of aromatic nitrogens is 2. The normalized spacial score (nSPS) is 14.9. The van der Waals surface area contributed by atoms with E-state index in [1.165, 1.54) is 13.2 Å². The van der Waals surface area contributed by atoms with Crippen molar-refractivity contribution in [3.05, 3.63) is 35.9 Å². The van der Waals surface area contributed by atoms with Crippen LogP contribution in [0.4, 0.5) is 10.2 Å². The fourth-order valence-corrected chi connectivity index (χ4v) is 3.46. The van der Waals surface area contributed by atoms with Gasteiger partial charge in [-0.2, -0.15) is 0 Å². The van der Waals surface area contributed by atoms with E-state index in [4.69, 9.17) is 9.72 Å². The number of hydrogen-bond donors (Lipinski definition) is 1. The zero-order chi connectivity index (χ0) is 20.1. The zero-order valence-electron chi connectivity index (χ0n) is 16.3. The Bertz CT molecular complexity index is 836. The maximum Gasteiger partial charge on any atom is 0.306 e. The number of carbonyl (C=O) groups is 1. The molecule has 6 nitrogen and oxygen atoms in total. The van der Waals surface area contributed by atoms with Crippen molar-refractivity contribution in [3.8, 4) is 17.0 Å². The molecule has 2 heterocycles. The second-order valence-corrected chi connectivity index (χ2v) is 7.09. The van der Waals surface area contributed by atoms with E-state index in [0.717, 1.165) is 36.3 Å². The largest absolute Gasteiger partial charge is 0.494 e. The molecule has 1 aliphatic heterocycles. The number of anilines is 1. The molecular formula is C21H26FN3O3. The summed E-state index contributed by atoms with van der Waals surface area (Å²) in [4.78, 5) is 22.8. The fraction of sp³-hybridized carbons (Fsp3) is 0.476. The Balaban J connectivity index is 1.96. The monoisotopic (exact) mass is 387 g/mol. The van der Waals surface area contributed by atoms with Crippen molar-refractivity contribution in [1.82, 2.24) is 9.97 Å².